The summed E-state index contributed by atoms with van der Waals surface area (Å²) < 4.78 is 17.6. The molecule has 0 radical (unpaired) electrons. The van der Waals surface area contributed by atoms with Crippen molar-refractivity contribution in [2.45, 2.75) is 6.04 Å². The van der Waals surface area contributed by atoms with Crippen LogP contribution in [0.5, 0.6) is 0 Å². The quantitative estimate of drug-likeness (QED) is 0.770. The van der Waals surface area contributed by atoms with Gasteiger partial charge in [-0.25, -0.2) is 9.18 Å². The summed E-state index contributed by atoms with van der Waals surface area (Å²) in [7, 11) is 2.97. The Labute approximate surface area is 93.8 Å². The predicted molar refractivity (Wildman–Crippen MR) is 59.7 cm³/mol. The van der Waals surface area contributed by atoms with Crippen molar-refractivity contribution in [2.75, 3.05) is 25.6 Å². The van der Waals surface area contributed by atoms with Crippen molar-refractivity contribution in [1.29, 1.82) is 0 Å². The summed E-state index contributed by atoms with van der Waals surface area (Å²) in [6, 6.07) is 5.35. The van der Waals surface area contributed by atoms with Gasteiger partial charge in [-0.05, 0) is 18.2 Å². The summed E-state index contributed by atoms with van der Waals surface area (Å²) >= 11 is 0. The van der Waals surface area contributed by atoms with Crippen LogP contribution in [0.4, 0.5) is 10.1 Å². The zero-order valence-electron chi connectivity index (χ0n) is 9.31. The topological polar surface area (TPSA) is 55.6 Å². The smallest absolute Gasteiger partial charge is 0.329 e. The minimum atomic E-state index is -0.605. The van der Waals surface area contributed by atoms with Crippen molar-refractivity contribution in [3.63, 3.8) is 0 Å². The van der Waals surface area contributed by atoms with E-state index in [1.165, 1.54) is 19.2 Å². The molecule has 5 heteroatoms. The molecule has 1 aromatic carbocycles. The molecule has 1 aromatic rings. The van der Waals surface area contributed by atoms with Gasteiger partial charge in [0.25, 0.3) is 0 Å². The Bertz CT molecular complexity index is 371. The van der Waals surface area contributed by atoms with E-state index < -0.39 is 12.0 Å². The largest absolute Gasteiger partial charge is 0.467 e. The van der Waals surface area contributed by atoms with E-state index in [2.05, 4.69) is 4.74 Å². The number of nitrogens with two attached hydrogens (primary N) is 1. The van der Waals surface area contributed by atoms with E-state index in [1.807, 2.05) is 0 Å². The van der Waals surface area contributed by atoms with Gasteiger partial charge in [0.1, 0.15) is 11.9 Å². The lowest BCUT2D eigenvalue weighted by atomic mass is 10.2. The molecule has 0 saturated heterocycles. The average Bonchev–Trinajstić information content (AvgIpc) is 2.29. The second-order valence-corrected chi connectivity index (χ2v) is 3.37. The fourth-order valence-electron chi connectivity index (χ4n) is 1.42. The highest BCUT2D eigenvalue weighted by atomic mass is 19.1. The van der Waals surface area contributed by atoms with Crippen LogP contribution in [0.25, 0.3) is 0 Å². The minimum absolute atomic E-state index is 0.111. The molecule has 0 fully saturated rings. The molecule has 1 atom stereocenters. The number of carbonyl (C=O) groups is 1. The van der Waals surface area contributed by atoms with Crippen molar-refractivity contribution in [3.05, 3.63) is 30.1 Å². The summed E-state index contributed by atoms with van der Waals surface area (Å²) in [5.41, 5.74) is 6.07. The summed E-state index contributed by atoms with van der Waals surface area (Å²) in [5.74, 6) is -0.792. The second kappa shape index (κ2) is 5.46. The monoisotopic (exact) mass is 226 g/mol. The molecular weight excluding hydrogens is 211 g/mol. The zero-order valence-corrected chi connectivity index (χ0v) is 9.31. The molecule has 0 saturated carbocycles. The van der Waals surface area contributed by atoms with E-state index >= 15 is 0 Å². The van der Waals surface area contributed by atoms with Crippen molar-refractivity contribution in [1.82, 2.24) is 0 Å². The van der Waals surface area contributed by atoms with Crippen LogP contribution in [0, 0.1) is 5.82 Å². The van der Waals surface area contributed by atoms with Crippen molar-refractivity contribution < 1.29 is 13.9 Å². The molecule has 0 amide bonds. The van der Waals surface area contributed by atoms with Crippen molar-refractivity contribution in [2.24, 2.45) is 5.73 Å². The number of hydrogen-bond acceptors (Lipinski definition) is 4. The molecule has 2 N–H and O–H groups in total. The molecule has 16 heavy (non-hydrogen) atoms. The molecule has 1 rings (SSSR count). The van der Waals surface area contributed by atoms with Gasteiger partial charge in [-0.2, -0.15) is 0 Å². The number of esters is 1. The predicted octanol–water partition coefficient (Wildman–Crippen LogP) is 0.762. The second-order valence-electron chi connectivity index (χ2n) is 3.37. The van der Waals surface area contributed by atoms with E-state index in [1.54, 1.807) is 24.1 Å². The first-order valence-electron chi connectivity index (χ1n) is 4.86. The molecule has 0 aliphatic carbocycles. The first-order valence-corrected chi connectivity index (χ1v) is 4.86. The average molecular weight is 226 g/mol. The molecule has 0 spiro atoms. The lowest BCUT2D eigenvalue weighted by Crippen LogP contribution is -2.44. The van der Waals surface area contributed by atoms with Gasteiger partial charge in [-0.15, -0.1) is 0 Å². The van der Waals surface area contributed by atoms with Crippen LogP contribution in [0.3, 0.4) is 0 Å². The Balaban J connectivity index is 2.90. The Morgan fingerprint density at radius 2 is 2.31 bits per heavy atom. The van der Waals surface area contributed by atoms with Gasteiger partial charge in [-0.1, -0.05) is 6.07 Å². The summed E-state index contributed by atoms with van der Waals surface area (Å²) in [6.07, 6.45) is 0. The van der Waals surface area contributed by atoms with E-state index in [-0.39, 0.29) is 12.4 Å². The van der Waals surface area contributed by atoms with Gasteiger partial charge in [-0.3, -0.25) is 0 Å². The number of ether oxygens (including phenoxy) is 1. The number of rotatable bonds is 4. The maximum atomic E-state index is 13.0. The van der Waals surface area contributed by atoms with E-state index in [0.717, 1.165) is 0 Å². The normalized spacial score (nSPS) is 12.0. The van der Waals surface area contributed by atoms with Gasteiger partial charge in [0.2, 0.25) is 0 Å². The van der Waals surface area contributed by atoms with Gasteiger partial charge >= 0.3 is 5.97 Å². The van der Waals surface area contributed by atoms with E-state index in [9.17, 15) is 9.18 Å². The molecule has 1 unspecified atom stereocenters. The highest BCUT2D eigenvalue weighted by molar-refractivity contribution is 5.80. The highest BCUT2D eigenvalue weighted by Gasteiger charge is 2.22. The first kappa shape index (κ1) is 12.4. The molecule has 0 bridgehead atoms. The molecule has 0 aliphatic rings. The van der Waals surface area contributed by atoms with Crippen LogP contribution >= 0.6 is 0 Å². The molecule has 88 valence electrons. The van der Waals surface area contributed by atoms with Crippen molar-refractivity contribution >= 4 is 11.7 Å². The number of anilines is 1. The zero-order chi connectivity index (χ0) is 12.1. The van der Waals surface area contributed by atoms with Crippen LogP contribution in [-0.2, 0) is 9.53 Å². The SMILES string of the molecule is COC(=O)C(CN)N(C)c1cccc(F)c1. The maximum Gasteiger partial charge on any atom is 0.329 e. The van der Waals surface area contributed by atoms with Crippen LogP contribution in [0.2, 0.25) is 0 Å². The van der Waals surface area contributed by atoms with Crippen molar-refractivity contribution in [3.8, 4) is 0 Å². The molecule has 0 heterocycles. The van der Waals surface area contributed by atoms with Gasteiger partial charge in [0.05, 0.1) is 7.11 Å². The van der Waals surface area contributed by atoms with Crippen LogP contribution in [-0.4, -0.2) is 32.7 Å². The summed E-state index contributed by atoms with van der Waals surface area (Å²) in [6.45, 7) is 0.111. The first-order chi connectivity index (χ1) is 7.60. The van der Waals surface area contributed by atoms with E-state index in [0.29, 0.717) is 5.69 Å². The Morgan fingerprint density at radius 3 is 2.81 bits per heavy atom. The van der Waals surface area contributed by atoms with E-state index in [4.69, 9.17) is 5.73 Å². The Hall–Kier alpha value is -1.62. The number of likely N-dealkylation sites (N-methyl/N-ethyl adjacent to an activating group) is 1. The Kier molecular flexibility index (Phi) is 4.25. The summed E-state index contributed by atoms with van der Waals surface area (Å²) in [5, 5.41) is 0. The number of hydrogen-bond donors (Lipinski definition) is 1. The molecule has 4 nitrogen and oxygen atoms in total. The minimum Gasteiger partial charge on any atom is -0.467 e. The third-order valence-corrected chi connectivity index (χ3v) is 2.38. The lowest BCUT2D eigenvalue weighted by molar-refractivity contribution is -0.141. The lowest BCUT2D eigenvalue weighted by Gasteiger charge is -2.26. The highest BCUT2D eigenvalue weighted by Crippen LogP contribution is 2.16. The number of nitrogens with zero attached hydrogens (tertiary/aromatic N) is 1. The fraction of sp³-hybridized carbons (Fsp3) is 0.364. The van der Waals surface area contributed by atoms with Crippen LogP contribution in [0.15, 0.2) is 24.3 Å². The Morgan fingerprint density at radius 1 is 1.62 bits per heavy atom. The number of methoxy groups -OCH3 is 1. The fourth-order valence-corrected chi connectivity index (χ4v) is 1.42. The summed E-state index contributed by atoms with van der Waals surface area (Å²) in [4.78, 5) is 13.0. The van der Waals surface area contributed by atoms with Gasteiger partial charge in [0, 0.05) is 19.3 Å². The number of halogens is 1. The number of benzene rings is 1. The van der Waals surface area contributed by atoms with Crippen LogP contribution < -0.4 is 10.6 Å². The third-order valence-electron chi connectivity index (χ3n) is 2.38. The number of carbonyl (C=O) groups excluding carboxylic acids is 1. The van der Waals surface area contributed by atoms with Crippen LogP contribution in [0.1, 0.15) is 0 Å². The standard InChI is InChI=1S/C11H15FN2O2/c1-14(10(7-13)11(15)16-2)9-5-3-4-8(12)6-9/h3-6,10H,7,13H2,1-2H3. The third kappa shape index (κ3) is 2.70. The maximum absolute atomic E-state index is 13.0. The molecule has 0 aromatic heterocycles. The molecule has 0 aliphatic heterocycles. The van der Waals surface area contributed by atoms with Gasteiger partial charge in [0.15, 0.2) is 0 Å². The van der Waals surface area contributed by atoms with Gasteiger partial charge < -0.3 is 15.4 Å². The molecular formula is C11H15FN2O2.